The van der Waals surface area contributed by atoms with Crippen LogP contribution in [0.5, 0.6) is 23.0 Å². The molecule has 0 amide bonds. The molecule has 0 saturated carbocycles. The number of benzene rings is 3. The van der Waals surface area contributed by atoms with Crippen LogP contribution < -0.4 is 23.8 Å². The summed E-state index contributed by atoms with van der Waals surface area (Å²) in [7, 11) is 6.65. The summed E-state index contributed by atoms with van der Waals surface area (Å²) in [6.07, 6.45) is 1.84. The van der Waals surface area contributed by atoms with Crippen LogP contribution in [-0.2, 0) is 13.1 Å². The number of fused-ring (bicyclic) bond motifs is 1. The zero-order valence-corrected chi connectivity index (χ0v) is 21.3. The van der Waals surface area contributed by atoms with Gasteiger partial charge in [-0.1, -0.05) is 15.9 Å². The molecule has 0 aliphatic rings. The standard InChI is InChI=1S/C27H27BrN2O4/c1-31-21-8-5-18(26(14-21)33-3)16-30(17-19-6-9-22(32-2)15-27(19)34-4)25-11-12-29-24-13-20(28)7-10-23(24)25/h5-15H,16-17H2,1-4H3. The van der Waals surface area contributed by atoms with Crippen LogP contribution in [0.25, 0.3) is 10.9 Å². The van der Waals surface area contributed by atoms with Gasteiger partial charge in [0.25, 0.3) is 0 Å². The van der Waals surface area contributed by atoms with E-state index >= 15 is 0 Å². The first-order valence-corrected chi connectivity index (χ1v) is 11.6. The normalized spacial score (nSPS) is 10.7. The van der Waals surface area contributed by atoms with Crippen molar-refractivity contribution in [2.75, 3.05) is 33.3 Å². The fraction of sp³-hybridized carbons (Fsp3) is 0.222. The number of nitrogens with zero attached hydrogens (tertiary/aromatic N) is 2. The maximum absolute atomic E-state index is 5.69. The highest BCUT2D eigenvalue weighted by Crippen LogP contribution is 2.34. The Kier molecular flexibility index (Phi) is 7.43. The molecule has 0 aliphatic heterocycles. The number of ether oxygens (including phenoxy) is 4. The molecule has 1 aromatic heterocycles. The number of rotatable bonds is 9. The van der Waals surface area contributed by atoms with Gasteiger partial charge in [0.05, 0.1) is 34.0 Å². The molecule has 0 saturated heterocycles. The van der Waals surface area contributed by atoms with E-state index in [9.17, 15) is 0 Å². The SMILES string of the molecule is COc1ccc(CN(Cc2ccc(OC)cc2OC)c2ccnc3cc(Br)ccc23)c(OC)c1. The molecule has 0 atom stereocenters. The Morgan fingerprint density at radius 3 is 1.82 bits per heavy atom. The largest absolute Gasteiger partial charge is 0.497 e. The molecular formula is C27H27BrN2O4. The maximum atomic E-state index is 5.69. The Bertz CT molecular complexity index is 1240. The van der Waals surface area contributed by atoms with Gasteiger partial charge < -0.3 is 23.8 Å². The van der Waals surface area contributed by atoms with Crippen molar-refractivity contribution < 1.29 is 18.9 Å². The molecular weight excluding hydrogens is 496 g/mol. The third-order valence-corrected chi connectivity index (χ3v) is 6.23. The van der Waals surface area contributed by atoms with E-state index < -0.39 is 0 Å². The van der Waals surface area contributed by atoms with Gasteiger partial charge in [0.1, 0.15) is 23.0 Å². The van der Waals surface area contributed by atoms with Crippen LogP contribution in [0.4, 0.5) is 5.69 Å². The summed E-state index contributed by atoms with van der Waals surface area (Å²) in [4.78, 5) is 6.87. The monoisotopic (exact) mass is 522 g/mol. The van der Waals surface area contributed by atoms with Gasteiger partial charge in [-0.3, -0.25) is 4.98 Å². The second-order valence-electron chi connectivity index (χ2n) is 7.70. The van der Waals surface area contributed by atoms with Crippen molar-refractivity contribution in [3.05, 3.63) is 82.5 Å². The van der Waals surface area contributed by atoms with E-state index in [0.717, 1.165) is 55.2 Å². The molecule has 4 aromatic rings. The number of methoxy groups -OCH3 is 4. The van der Waals surface area contributed by atoms with E-state index in [2.05, 4.69) is 31.9 Å². The zero-order chi connectivity index (χ0) is 24.1. The van der Waals surface area contributed by atoms with Gasteiger partial charge >= 0.3 is 0 Å². The van der Waals surface area contributed by atoms with Crippen LogP contribution in [0.15, 0.2) is 71.3 Å². The van der Waals surface area contributed by atoms with E-state index in [1.807, 2.05) is 60.8 Å². The van der Waals surface area contributed by atoms with Crippen LogP contribution in [0.2, 0.25) is 0 Å². The molecule has 3 aromatic carbocycles. The van der Waals surface area contributed by atoms with Gasteiger partial charge in [-0.15, -0.1) is 0 Å². The first-order chi connectivity index (χ1) is 16.6. The number of hydrogen-bond donors (Lipinski definition) is 0. The Morgan fingerprint density at radius 2 is 1.29 bits per heavy atom. The molecule has 6 nitrogen and oxygen atoms in total. The van der Waals surface area contributed by atoms with Gasteiger partial charge in [-0.05, 0) is 48.5 Å². The molecule has 176 valence electrons. The lowest BCUT2D eigenvalue weighted by molar-refractivity contribution is 0.389. The molecule has 0 fully saturated rings. The highest BCUT2D eigenvalue weighted by Gasteiger charge is 2.18. The van der Waals surface area contributed by atoms with Crippen molar-refractivity contribution in [3.63, 3.8) is 0 Å². The molecule has 0 bridgehead atoms. The van der Waals surface area contributed by atoms with Crippen molar-refractivity contribution in [3.8, 4) is 23.0 Å². The lowest BCUT2D eigenvalue weighted by Crippen LogP contribution is -2.23. The lowest BCUT2D eigenvalue weighted by atomic mass is 10.1. The summed E-state index contributed by atoms with van der Waals surface area (Å²) >= 11 is 3.56. The smallest absolute Gasteiger partial charge is 0.127 e. The number of aromatic nitrogens is 1. The summed E-state index contributed by atoms with van der Waals surface area (Å²) < 4.78 is 23.1. The molecule has 7 heteroatoms. The quantitative estimate of drug-likeness (QED) is 0.259. The van der Waals surface area contributed by atoms with Crippen LogP contribution in [-0.4, -0.2) is 33.4 Å². The first-order valence-electron chi connectivity index (χ1n) is 10.8. The van der Waals surface area contributed by atoms with E-state index in [1.165, 1.54) is 0 Å². The molecule has 0 unspecified atom stereocenters. The average molecular weight is 523 g/mol. The molecule has 0 aliphatic carbocycles. The molecule has 1 heterocycles. The van der Waals surface area contributed by atoms with Crippen LogP contribution >= 0.6 is 15.9 Å². The third kappa shape index (κ3) is 5.04. The third-order valence-electron chi connectivity index (χ3n) is 5.73. The molecule has 4 rings (SSSR count). The Morgan fingerprint density at radius 1 is 0.706 bits per heavy atom. The number of pyridine rings is 1. The predicted molar refractivity (Wildman–Crippen MR) is 138 cm³/mol. The van der Waals surface area contributed by atoms with Gasteiger partial charge in [0.15, 0.2) is 0 Å². The van der Waals surface area contributed by atoms with Crippen molar-refractivity contribution >= 4 is 32.5 Å². The van der Waals surface area contributed by atoms with Crippen molar-refractivity contribution in [1.82, 2.24) is 4.98 Å². The van der Waals surface area contributed by atoms with E-state index in [4.69, 9.17) is 18.9 Å². The second kappa shape index (κ2) is 10.7. The highest BCUT2D eigenvalue weighted by atomic mass is 79.9. The van der Waals surface area contributed by atoms with Gasteiger partial charge in [0, 0.05) is 58.1 Å². The van der Waals surface area contributed by atoms with Crippen molar-refractivity contribution in [1.29, 1.82) is 0 Å². The van der Waals surface area contributed by atoms with Gasteiger partial charge in [-0.25, -0.2) is 0 Å². The minimum atomic E-state index is 0.609. The molecule has 34 heavy (non-hydrogen) atoms. The Hall–Kier alpha value is -3.45. The summed E-state index contributed by atoms with van der Waals surface area (Å²) in [5, 5.41) is 1.06. The van der Waals surface area contributed by atoms with E-state index in [1.54, 1.807) is 28.4 Å². The minimum absolute atomic E-state index is 0.609. The first kappa shape index (κ1) is 23.7. The number of anilines is 1. The number of hydrogen-bond acceptors (Lipinski definition) is 6. The zero-order valence-electron chi connectivity index (χ0n) is 19.7. The second-order valence-corrected chi connectivity index (χ2v) is 8.62. The summed E-state index contributed by atoms with van der Waals surface area (Å²) in [6.45, 7) is 1.22. The Balaban J connectivity index is 1.81. The molecule has 0 N–H and O–H groups in total. The fourth-order valence-electron chi connectivity index (χ4n) is 3.98. The predicted octanol–water partition coefficient (Wildman–Crippen LogP) is 6.24. The van der Waals surface area contributed by atoms with Crippen molar-refractivity contribution in [2.45, 2.75) is 13.1 Å². The van der Waals surface area contributed by atoms with Crippen molar-refractivity contribution in [2.24, 2.45) is 0 Å². The fourth-order valence-corrected chi connectivity index (χ4v) is 4.33. The summed E-state index contributed by atoms with van der Waals surface area (Å²) in [5.74, 6) is 3.05. The van der Waals surface area contributed by atoms with E-state index in [-0.39, 0.29) is 0 Å². The number of halogens is 1. The Labute approximate surface area is 208 Å². The minimum Gasteiger partial charge on any atom is -0.497 e. The van der Waals surface area contributed by atoms with Crippen LogP contribution in [0.3, 0.4) is 0 Å². The van der Waals surface area contributed by atoms with Crippen LogP contribution in [0.1, 0.15) is 11.1 Å². The average Bonchev–Trinajstić information content (AvgIpc) is 2.88. The van der Waals surface area contributed by atoms with Crippen LogP contribution in [0, 0.1) is 0 Å². The summed E-state index contributed by atoms with van der Waals surface area (Å²) in [5.41, 5.74) is 4.06. The molecule has 0 radical (unpaired) electrons. The topological polar surface area (TPSA) is 53.1 Å². The maximum Gasteiger partial charge on any atom is 0.127 e. The molecule has 0 spiro atoms. The van der Waals surface area contributed by atoms with E-state index in [0.29, 0.717) is 13.1 Å². The summed E-state index contributed by atoms with van der Waals surface area (Å²) in [6, 6.07) is 20.0. The van der Waals surface area contributed by atoms with Gasteiger partial charge in [0.2, 0.25) is 0 Å². The van der Waals surface area contributed by atoms with Gasteiger partial charge in [-0.2, -0.15) is 0 Å². The highest BCUT2D eigenvalue weighted by molar-refractivity contribution is 9.10. The lowest BCUT2D eigenvalue weighted by Gasteiger charge is -2.28.